The second-order valence-corrected chi connectivity index (χ2v) is 6.02. The number of likely N-dealkylation sites (tertiary alicyclic amines) is 1. The molecule has 0 radical (unpaired) electrons. The Morgan fingerprint density at radius 2 is 1.80 bits per heavy atom. The van der Waals surface area contributed by atoms with Gasteiger partial charge in [-0.25, -0.2) is 0 Å². The van der Waals surface area contributed by atoms with Crippen LogP contribution in [0.2, 0.25) is 0 Å². The van der Waals surface area contributed by atoms with Crippen LogP contribution in [0.15, 0.2) is 0 Å². The maximum atomic E-state index is 5.78. The van der Waals surface area contributed by atoms with Crippen LogP contribution in [0.1, 0.15) is 66.2 Å². The van der Waals surface area contributed by atoms with Crippen LogP contribution in [0.4, 0.5) is 0 Å². The molecule has 3 heteroatoms. The summed E-state index contributed by atoms with van der Waals surface area (Å²) in [6.07, 6.45) is 7.96. The zero-order valence-corrected chi connectivity index (χ0v) is 14.2. The zero-order chi connectivity index (χ0) is 14.8. The number of hydrogen-bond acceptors (Lipinski definition) is 3. The average Bonchev–Trinajstić information content (AvgIpc) is 2.47. The molecule has 120 valence electrons. The monoisotopic (exact) mass is 284 g/mol. The van der Waals surface area contributed by atoms with Gasteiger partial charge in [0.05, 0.1) is 6.10 Å². The molecule has 3 nitrogen and oxygen atoms in total. The summed E-state index contributed by atoms with van der Waals surface area (Å²) in [5.41, 5.74) is 0. The van der Waals surface area contributed by atoms with Gasteiger partial charge in [-0.15, -0.1) is 0 Å². The number of hydrogen-bond donors (Lipinski definition) is 1. The molecule has 1 aliphatic rings. The van der Waals surface area contributed by atoms with Gasteiger partial charge in [0.2, 0.25) is 0 Å². The van der Waals surface area contributed by atoms with Crippen molar-refractivity contribution in [3.8, 4) is 0 Å². The van der Waals surface area contributed by atoms with Gasteiger partial charge in [-0.1, -0.05) is 27.2 Å². The Morgan fingerprint density at radius 3 is 2.30 bits per heavy atom. The highest BCUT2D eigenvalue weighted by Gasteiger charge is 2.28. The van der Waals surface area contributed by atoms with Gasteiger partial charge in [-0.2, -0.15) is 0 Å². The molecule has 1 rings (SSSR count). The summed E-state index contributed by atoms with van der Waals surface area (Å²) in [5.74, 6) is 0. The molecule has 0 aromatic heterocycles. The summed E-state index contributed by atoms with van der Waals surface area (Å²) in [7, 11) is 0. The van der Waals surface area contributed by atoms with Crippen molar-refractivity contribution in [2.24, 2.45) is 0 Å². The van der Waals surface area contributed by atoms with Crippen molar-refractivity contribution in [1.29, 1.82) is 0 Å². The summed E-state index contributed by atoms with van der Waals surface area (Å²) in [5, 5.41) is 3.78. The first-order valence-electron chi connectivity index (χ1n) is 8.85. The highest BCUT2D eigenvalue weighted by atomic mass is 16.5. The number of nitrogens with one attached hydrogen (secondary N) is 1. The van der Waals surface area contributed by atoms with Gasteiger partial charge < -0.3 is 10.1 Å². The number of nitrogens with zero attached hydrogens (tertiary/aromatic N) is 1. The highest BCUT2D eigenvalue weighted by molar-refractivity contribution is 4.86. The predicted octanol–water partition coefficient (Wildman–Crippen LogP) is 3.43. The molecule has 0 saturated carbocycles. The van der Waals surface area contributed by atoms with Gasteiger partial charge in [-0.3, -0.25) is 4.90 Å². The Morgan fingerprint density at radius 1 is 1.10 bits per heavy atom. The predicted molar refractivity (Wildman–Crippen MR) is 87.3 cm³/mol. The Labute approximate surface area is 126 Å². The Hall–Kier alpha value is -0.120. The van der Waals surface area contributed by atoms with Gasteiger partial charge in [0.15, 0.2) is 0 Å². The molecular weight excluding hydrogens is 248 g/mol. The average molecular weight is 284 g/mol. The van der Waals surface area contributed by atoms with E-state index in [0.29, 0.717) is 18.2 Å². The number of rotatable bonds is 10. The largest absolute Gasteiger partial charge is 0.378 e. The molecule has 2 unspecified atom stereocenters. The molecule has 0 aromatic carbocycles. The maximum absolute atomic E-state index is 5.78. The van der Waals surface area contributed by atoms with Crippen LogP contribution in [-0.4, -0.2) is 49.3 Å². The molecule has 1 fully saturated rings. The van der Waals surface area contributed by atoms with Crippen molar-refractivity contribution in [1.82, 2.24) is 10.2 Å². The minimum atomic E-state index is 0.502. The summed E-state index contributed by atoms with van der Waals surface area (Å²) in [4.78, 5) is 2.71. The van der Waals surface area contributed by atoms with E-state index in [0.717, 1.165) is 13.2 Å². The summed E-state index contributed by atoms with van der Waals surface area (Å²) in [6, 6.07) is 1.36. The Balaban J connectivity index is 2.50. The van der Waals surface area contributed by atoms with E-state index in [1.807, 2.05) is 0 Å². The van der Waals surface area contributed by atoms with Crippen molar-refractivity contribution in [3.63, 3.8) is 0 Å². The van der Waals surface area contributed by atoms with Crippen molar-refractivity contribution in [2.75, 3.05) is 26.2 Å². The van der Waals surface area contributed by atoms with E-state index in [9.17, 15) is 0 Å². The lowest BCUT2D eigenvalue weighted by molar-refractivity contribution is -0.00177. The molecule has 0 aromatic rings. The molecule has 0 spiro atoms. The van der Waals surface area contributed by atoms with E-state index in [1.165, 1.54) is 51.6 Å². The molecule has 0 amide bonds. The smallest absolute Gasteiger partial charge is 0.0599 e. The maximum Gasteiger partial charge on any atom is 0.0599 e. The van der Waals surface area contributed by atoms with E-state index < -0.39 is 0 Å². The normalized spacial score (nSPS) is 21.0. The Bertz CT molecular complexity index is 227. The third-order valence-corrected chi connectivity index (χ3v) is 4.49. The fraction of sp³-hybridized carbons (Fsp3) is 1.00. The topological polar surface area (TPSA) is 24.5 Å². The summed E-state index contributed by atoms with van der Waals surface area (Å²) >= 11 is 0. The van der Waals surface area contributed by atoms with E-state index in [4.69, 9.17) is 4.74 Å². The molecule has 0 bridgehead atoms. The molecule has 1 aliphatic heterocycles. The van der Waals surface area contributed by atoms with E-state index in [1.54, 1.807) is 0 Å². The highest BCUT2D eigenvalue weighted by Crippen LogP contribution is 2.21. The van der Waals surface area contributed by atoms with Crippen LogP contribution in [0.5, 0.6) is 0 Å². The van der Waals surface area contributed by atoms with Crippen LogP contribution in [0.3, 0.4) is 0 Å². The summed E-state index contributed by atoms with van der Waals surface area (Å²) < 4.78 is 5.78. The number of piperidine rings is 1. The Kier molecular flexibility index (Phi) is 9.49. The molecule has 2 atom stereocenters. The van der Waals surface area contributed by atoms with Crippen LogP contribution < -0.4 is 5.32 Å². The van der Waals surface area contributed by atoms with Crippen LogP contribution in [0, 0.1) is 0 Å². The van der Waals surface area contributed by atoms with Crippen LogP contribution in [-0.2, 0) is 4.74 Å². The van der Waals surface area contributed by atoms with Crippen LogP contribution in [0.25, 0.3) is 0 Å². The fourth-order valence-corrected chi connectivity index (χ4v) is 3.48. The van der Waals surface area contributed by atoms with Gasteiger partial charge in [0, 0.05) is 31.8 Å². The first-order valence-corrected chi connectivity index (χ1v) is 8.85. The number of ether oxygens (including phenoxy) is 1. The van der Waals surface area contributed by atoms with Crippen molar-refractivity contribution >= 4 is 0 Å². The van der Waals surface area contributed by atoms with Crippen molar-refractivity contribution in [2.45, 2.75) is 84.4 Å². The lowest BCUT2D eigenvalue weighted by Gasteiger charge is -2.41. The van der Waals surface area contributed by atoms with Crippen LogP contribution >= 0.6 is 0 Å². The first-order chi connectivity index (χ1) is 9.76. The molecule has 20 heavy (non-hydrogen) atoms. The molecule has 1 heterocycles. The fourth-order valence-electron chi connectivity index (χ4n) is 3.48. The lowest BCUT2D eigenvalue weighted by Crippen LogP contribution is -2.53. The molecular formula is C17H36N2O. The molecule has 1 N–H and O–H groups in total. The van der Waals surface area contributed by atoms with E-state index in [2.05, 4.69) is 37.9 Å². The standard InChI is InChI=1S/C17H36N2O/c1-5-9-16(18-12-6-2)17(7-3)19-13-10-15(11-14-19)20-8-4/h15-18H,5-14H2,1-4H3. The second-order valence-electron chi connectivity index (χ2n) is 6.02. The third-order valence-electron chi connectivity index (χ3n) is 4.49. The SMILES string of the molecule is CCCNC(CCC)C(CC)N1CCC(OCC)CC1. The second kappa shape index (κ2) is 10.6. The van der Waals surface area contributed by atoms with Gasteiger partial charge >= 0.3 is 0 Å². The summed E-state index contributed by atoms with van der Waals surface area (Å²) in [6.45, 7) is 13.4. The van der Waals surface area contributed by atoms with Gasteiger partial charge in [-0.05, 0) is 45.6 Å². The third kappa shape index (κ3) is 5.71. The van der Waals surface area contributed by atoms with Crippen molar-refractivity contribution < 1.29 is 4.74 Å². The minimum absolute atomic E-state index is 0.502. The molecule has 1 saturated heterocycles. The minimum Gasteiger partial charge on any atom is -0.378 e. The lowest BCUT2D eigenvalue weighted by atomic mass is 9.96. The van der Waals surface area contributed by atoms with Crippen molar-refractivity contribution in [3.05, 3.63) is 0 Å². The molecule has 0 aliphatic carbocycles. The van der Waals surface area contributed by atoms with E-state index >= 15 is 0 Å². The van der Waals surface area contributed by atoms with Gasteiger partial charge in [0.1, 0.15) is 0 Å². The van der Waals surface area contributed by atoms with Gasteiger partial charge in [0.25, 0.3) is 0 Å². The first kappa shape index (κ1) is 17.9. The quantitative estimate of drug-likeness (QED) is 0.665. The van der Waals surface area contributed by atoms with E-state index in [-0.39, 0.29) is 0 Å². The zero-order valence-electron chi connectivity index (χ0n) is 14.2.